The number of aromatic amines is 1. The number of nitrogens with one attached hydrogen (secondary N) is 2. The van der Waals surface area contributed by atoms with E-state index in [1.807, 2.05) is 25.1 Å². The van der Waals surface area contributed by atoms with E-state index in [1.54, 1.807) is 12.5 Å². The second-order valence-corrected chi connectivity index (χ2v) is 5.09. The van der Waals surface area contributed by atoms with Crippen molar-refractivity contribution in [3.8, 4) is 0 Å². The first-order valence-corrected chi connectivity index (χ1v) is 7.04. The molecule has 0 aliphatic carbocycles. The summed E-state index contributed by atoms with van der Waals surface area (Å²) < 4.78 is 0. The molecule has 0 saturated heterocycles. The van der Waals surface area contributed by atoms with Crippen molar-refractivity contribution in [2.75, 3.05) is 0 Å². The summed E-state index contributed by atoms with van der Waals surface area (Å²) >= 11 is 0. The number of rotatable bonds is 7. The van der Waals surface area contributed by atoms with Crippen LogP contribution in [0.5, 0.6) is 0 Å². The normalized spacial score (nSPS) is 12.1. The number of benzene rings is 1. The molecule has 106 valence electrons. The summed E-state index contributed by atoms with van der Waals surface area (Å²) in [5.41, 5.74) is 2.33. The average molecular weight is 271 g/mol. The molecule has 1 atom stereocenters. The number of hydrogen-bond acceptors (Lipinski definition) is 2. The highest BCUT2D eigenvalue weighted by Crippen LogP contribution is 2.05. The van der Waals surface area contributed by atoms with Crippen molar-refractivity contribution < 1.29 is 4.79 Å². The quantitative estimate of drug-likeness (QED) is 0.813. The van der Waals surface area contributed by atoms with Crippen molar-refractivity contribution in [1.29, 1.82) is 0 Å². The summed E-state index contributed by atoms with van der Waals surface area (Å²) in [6.45, 7) is 2.01. The molecular weight excluding hydrogens is 250 g/mol. The number of carbonyl (C=O) groups is 1. The minimum atomic E-state index is 0.118. The Morgan fingerprint density at radius 3 is 2.85 bits per heavy atom. The number of amides is 1. The van der Waals surface area contributed by atoms with Crippen molar-refractivity contribution in [3.05, 3.63) is 54.1 Å². The van der Waals surface area contributed by atoms with Crippen LogP contribution in [0.3, 0.4) is 0 Å². The zero-order valence-corrected chi connectivity index (χ0v) is 11.8. The van der Waals surface area contributed by atoms with Gasteiger partial charge in [0.25, 0.3) is 0 Å². The molecule has 0 bridgehead atoms. The predicted molar refractivity (Wildman–Crippen MR) is 79.3 cm³/mol. The van der Waals surface area contributed by atoms with E-state index in [-0.39, 0.29) is 11.9 Å². The number of H-pyrrole nitrogens is 1. The van der Waals surface area contributed by atoms with E-state index in [2.05, 4.69) is 27.4 Å². The van der Waals surface area contributed by atoms with E-state index in [0.29, 0.717) is 6.42 Å². The zero-order chi connectivity index (χ0) is 14.2. The van der Waals surface area contributed by atoms with E-state index in [1.165, 1.54) is 5.56 Å². The zero-order valence-electron chi connectivity index (χ0n) is 11.8. The largest absolute Gasteiger partial charge is 0.353 e. The van der Waals surface area contributed by atoms with Crippen molar-refractivity contribution in [2.45, 2.75) is 38.6 Å². The standard InChI is InChI=1S/C16H21N3O/c1-13(10-15-11-17-12-18-15)19-16(20)9-5-8-14-6-3-2-4-7-14/h2-4,6-7,11-13H,5,8-10H2,1H3,(H,17,18)(H,19,20). The van der Waals surface area contributed by atoms with Gasteiger partial charge in [0.1, 0.15) is 0 Å². The van der Waals surface area contributed by atoms with Gasteiger partial charge in [0.05, 0.1) is 6.33 Å². The predicted octanol–water partition coefficient (Wildman–Crippen LogP) is 2.48. The summed E-state index contributed by atoms with van der Waals surface area (Å²) in [6.07, 6.45) is 6.63. The van der Waals surface area contributed by atoms with E-state index in [9.17, 15) is 4.79 Å². The summed E-state index contributed by atoms with van der Waals surface area (Å²) in [5, 5.41) is 3.02. The minimum absolute atomic E-state index is 0.118. The van der Waals surface area contributed by atoms with E-state index < -0.39 is 0 Å². The van der Waals surface area contributed by atoms with Crippen LogP contribution >= 0.6 is 0 Å². The Morgan fingerprint density at radius 1 is 1.35 bits per heavy atom. The third-order valence-electron chi connectivity index (χ3n) is 3.20. The van der Waals surface area contributed by atoms with Crippen LogP contribution in [-0.2, 0) is 17.6 Å². The van der Waals surface area contributed by atoms with Crippen LogP contribution in [0.4, 0.5) is 0 Å². The molecule has 20 heavy (non-hydrogen) atoms. The lowest BCUT2D eigenvalue weighted by Crippen LogP contribution is -2.34. The number of carbonyl (C=O) groups excluding carboxylic acids is 1. The molecule has 0 radical (unpaired) electrons. The monoisotopic (exact) mass is 271 g/mol. The van der Waals surface area contributed by atoms with Gasteiger partial charge in [0.15, 0.2) is 0 Å². The molecule has 0 aliphatic heterocycles. The van der Waals surface area contributed by atoms with Crippen molar-refractivity contribution >= 4 is 5.91 Å². The summed E-state index contributed by atoms with van der Waals surface area (Å²) in [4.78, 5) is 18.8. The molecule has 0 saturated carbocycles. The van der Waals surface area contributed by atoms with E-state index in [0.717, 1.165) is 25.0 Å². The van der Waals surface area contributed by atoms with Crippen LogP contribution in [-0.4, -0.2) is 21.9 Å². The fraction of sp³-hybridized carbons (Fsp3) is 0.375. The first-order chi connectivity index (χ1) is 9.74. The molecule has 1 aromatic heterocycles. The third kappa shape index (κ3) is 4.88. The minimum Gasteiger partial charge on any atom is -0.353 e. The molecule has 0 aliphatic rings. The third-order valence-corrected chi connectivity index (χ3v) is 3.20. The number of aryl methyl sites for hydroxylation is 1. The maximum Gasteiger partial charge on any atom is 0.220 e. The Morgan fingerprint density at radius 2 is 2.15 bits per heavy atom. The highest BCUT2D eigenvalue weighted by atomic mass is 16.1. The van der Waals surface area contributed by atoms with Crippen LogP contribution in [0.2, 0.25) is 0 Å². The van der Waals surface area contributed by atoms with E-state index >= 15 is 0 Å². The number of imidazole rings is 1. The highest BCUT2D eigenvalue weighted by Gasteiger charge is 2.08. The summed E-state index contributed by atoms with van der Waals surface area (Å²) in [5.74, 6) is 0.118. The van der Waals surface area contributed by atoms with Crippen LogP contribution in [0, 0.1) is 0 Å². The second-order valence-electron chi connectivity index (χ2n) is 5.09. The smallest absolute Gasteiger partial charge is 0.220 e. The topological polar surface area (TPSA) is 57.8 Å². The molecule has 2 aromatic rings. The van der Waals surface area contributed by atoms with Gasteiger partial charge in [-0.2, -0.15) is 0 Å². The first kappa shape index (κ1) is 14.3. The van der Waals surface area contributed by atoms with Gasteiger partial charge in [-0.3, -0.25) is 4.79 Å². The Labute approximate surface area is 119 Å². The lowest BCUT2D eigenvalue weighted by molar-refractivity contribution is -0.121. The fourth-order valence-corrected chi connectivity index (χ4v) is 2.22. The van der Waals surface area contributed by atoms with Crippen LogP contribution in [0.15, 0.2) is 42.9 Å². The molecule has 4 nitrogen and oxygen atoms in total. The van der Waals surface area contributed by atoms with Gasteiger partial charge in [0, 0.05) is 30.8 Å². The van der Waals surface area contributed by atoms with Gasteiger partial charge in [-0.25, -0.2) is 4.98 Å². The maximum absolute atomic E-state index is 11.8. The molecule has 1 heterocycles. The van der Waals surface area contributed by atoms with Gasteiger partial charge in [-0.1, -0.05) is 30.3 Å². The Bertz CT molecular complexity index is 508. The number of hydrogen-bond donors (Lipinski definition) is 2. The van der Waals surface area contributed by atoms with Crippen molar-refractivity contribution in [3.63, 3.8) is 0 Å². The van der Waals surface area contributed by atoms with Crippen LogP contribution < -0.4 is 5.32 Å². The molecular formula is C16H21N3O. The Balaban J connectivity index is 1.65. The molecule has 0 spiro atoms. The lowest BCUT2D eigenvalue weighted by Gasteiger charge is -2.12. The van der Waals surface area contributed by atoms with Crippen molar-refractivity contribution in [2.24, 2.45) is 0 Å². The van der Waals surface area contributed by atoms with Gasteiger partial charge in [0.2, 0.25) is 5.91 Å². The first-order valence-electron chi connectivity index (χ1n) is 7.04. The van der Waals surface area contributed by atoms with Gasteiger partial charge in [-0.15, -0.1) is 0 Å². The molecule has 1 amide bonds. The number of nitrogens with zero attached hydrogens (tertiary/aromatic N) is 1. The van der Waals surface area contributed by atoms with Crippen LogP contribution in [0.25, 0.3) is 0 Å². The Kier molecular flexibility index (Phi) is 5.35. The van der Waals surface area contributed by atoms with Gasteiger partial charge in [-0.05, 0) is 25.3 Å². The molecule has 2 rings (SSSR count). The SMILES string of the molecule is CC(Cc1cnc[nH]1)NC(=O)CCCc1ccccc1. The maximum atomic E-state index is 11.8. The molecule has 2 N–H and O–H groups in total. The van der Waals surface area contributed by atoms with Gasteiger partial charge < -0.3 is 10.3 Å². The van der Waals surface area contributed by atoms with Crippen molar-refractivity contribution in [1.82, 2.24) is 15.3 Å². The fourth-order valence-electron chi connectivity index (χ4n) is 2.22. The summed E-state index contributed by atoms with van der Waals surface area (Å²) in [7, 11) is 0. The average Bonchev–Trinajstić information content (AvgIpc) is 2.92. The molecule has 4 heteroatoms. The molecule has 0 fully saturated rings. The highest BCUT2D eigenvalue weighted by molar-refractivity contribution is 5.76. The van der Waals surface area contributed by atoms with Crippen LogP contribution in [0.1, 0.15) is 31.0 Å². The van der Waals surface area contributed by atoms with Gasteiger partial charge >= 0.3 is 0 Å². The molecule has 1 aromatic carbocycles. The summed E-state index contributed by atoms with van der Waals surface area (Å²) in [6, 6.07) is 10.4. The molecule has 1 unspecified atom stereocenters. The Hall–Kier alpha value is -2.10. The number of aromatic nitrogens is 2. The van der Waals surface area contributed by atoms with E-state index in [4.69, 9.17) is 0 Å². The second kappa shape index (κ2) is 7.48. The lowest BCUT2D eigenvalue weighted by atomic mass is 10.1.